The maximum absolute atomic E-state index is 13.1. The van der Waals surface area contributed by atoms with Crippen molar-refractivity contribution in [2.75, 3.05) is 17.9 Å². The second-order valence-corrected chi connectivity index (χ2v) is 7.83. The molecular weight excluding hydrogens is 360 g/mol. The Labute approximate surface area is 155 Å². The highest BCUT2D eigenvalue weighted by Crippen LogP contribution is 2.43. The minimum atomic E-state index is -3.64. The highest BCUT2D eigenvalue weighted by atomic mass is 35.5. The number of hydrogen-bond donors (Lipinski definition) is 1. The summed E-state index contributed by atoms with van der Waals surface area (Å²) in [5.41, 5.74) is 1.36. The standard InChI is InChI=1S/C18H22N2O3S.ClH/c1-14-10-11-16-17(13-14)23-18(9-6-12-19-2)24(21,22)20(16)15-7-4-3-5-8-15;/h3-5,7-8,10-11,13,18-19H,6,9,12H2,1-2H3;1H. The normalized spacial score (nSPS) is 18.0. The lowest BCUT2D eigenvalue weighted by Gasteiger charge is -2.35. The molecule has 5 nitrogen and oxygen atoms in total. The molecule has 0 aliphatic carbocycles. The van der Waals surface area contributed by atoms with Crippen molar-refractivity contribution < 1.29 is 13.2 Å². The van der Waals surface area contributed by atoms with Gasteiger partial charge in [-0.3, -0.25) is 0 Å². The summed E-state index contributed by atoms with van der Waals surface area (Å²) in [6.45, 7) is 2.72. The van der Waals surface area contributed by atoms with E-state index in [1.807, 2.05) is 44.3 Å². The largest absolute Gasteiger partial charge is 0.470 e. The number of fused-ring (bicyclic) bond motifs is 1. The van der Waals surface area contributed by atoms with Crippen LogP contribution < -0.4 is 14.4 Å². The molecule has 3 rings (SSSR count). The van der Waals surface area contributed by atoms with Gasteiger partial charge in [-0.1, -0.05) is 24.3 Å². The molecule has 0 aromatic heterocycles. The van der Waals surface area contributed by atoms with Crippen molar-refractivity contribution in [1.29, 1.82) is 0 Å². The fourth-order valence-electron chi connectivity index (χ4n) is 2.84. The summed E-state index contributed by atoms with van der Waals surface area (Å²) in [7, 11) is -1.79. The topological polar surface area (TPSA) is 58.6 Å². The molecule has 0 saturated carbocycles. The summed E-state index contributed by atoms with van der Waals surface area (Å²) in [5.74, 6) is 0.614. The van der Waals surface area contributed by atoms with Crippen LogP contribution in [-0.2, 0) is 10.0 Å². The average Bonchev–Trinajstić information content (AvgIpc) is 2.56. The van der Waals surface area contributed by atoms with E-state index in [2.05, 4.69) is 5.32 Å². The van der Waals surface area contributed by atoms with Crippen molar-refractivity contribution in [3.8, 4) is 5.75 Å². The minimum absolute atomic E-state index is 0. The second kappa shape index (κ2) is 8.08. The monoisotopic (exact) mass is 382 g/mol. The molecule has 0 radical (unpaired) electrons. The Morgan fingerprint density at radius 3 is 2.56 bits per heavy atom. The van der Waals surface area contributed by atoms with Gasteiger partial charge in [0, 0.05) is 6.42 Å². The predicted molar refractivity (Wildman–Crippen MR) is 104 cm³/mol. The Morgan fingerprint density at radius 2 is 1.88 bits per heavy atom. The van der Waals surface area contributed by atoms with Gasteiger partial charge in [0.05, 0.1) is 11.4 Å². The smallest absolute Gasteiger partial charge is 0.277 e. The Balaban J connectivity index is 0.00000225. The van der Waals surface area contributed by atoms with Crippen LogP contribution in [0, 0.1) is 6.92 Å². The van der Waals surface area contributed by atoms with Gasteiger partial charge < -0.3 is 10.1 Å². The van der Waals surface area contributed by atoms with Gasteiger partial charge in [-0.15, -0.1) is 12.4 Å². The molecule has 1 aliphatic heterocycles. The van der Waals surface area contributed by atoms with E-state index >= 15 is 0 Å². The number of benzene rings is 2. The second-order valence-electron chi connectivity index (χ2n) is 5.91. The molecule has 2 aromatic rings. The summed E-state index contributed by atoms with van der Waals surface area (Å²) >= 11 is 0. The highest BCUT2D eigenvalue weighted by Gasteiger charge is 2.40. The summed E-state index contributed by atoms with van der Waals surface area (Å²) in [5, 5.41) is 3.04. The molecule has 1 atom stereocenters. The van der Waals surface area contributed by atoms with Crippen LogP contribution in [0.1, 0.15) is 18.4 Å². The van der Waals surface area contributed by atoms with E-state index in [-0.39, 0.29) is 12.4 Å². The zero-order chi connectivity index (χ0) is 17.2. The Kier molecular flexibility index (Phi) is 6.32. The molecule has 1 heterocycles. The molecule has 2 aromatic carbocycles. The third kappa shape index (κ3) is 3.92. The lowest BCUT2D eigenvalue weighted by molar-refractivity contribution is 0.254. The van der Waals surface area contributed by atoms with Gasteiger partial charge in [-0.25, -0.2) is 12.7 Å². The first-order valence-corrected chi connectivity index (χ1v) is 9.55. The van der Waals surface area contributed by atoms with Gasteiger partial charge in [0.1, 0.15) is 5.75 Å². The van der Waals surface area contributed by atoms with E-state index in [1.165, 1.54) is 4.31 Å². The Hall–Kier alpha value is -1.76. The van der Waals surface area contributed by atoms with Gasteiger partial charge in [-0.2, -0.15) is 0 Å². The molecule has 0 amide bonds. The quantitative estimate of drug-likeness (QED) is 0.802. The summed E-state index contributed by atoms with van der Waals surface area (Å²) in [6, 6.07) is 14.7. The van der Waals surface area contributed by atoms with Gasteiger partial charge in [0.25, 0.3) is 10.0 Å². The van der Waals surface area contributed by atoms with Crippen LogP contribution in [0.5, 0.6) is 5.75 Å². The molecule has 25 heavy (non-hydrogen) atoms. The van der Waals surface area contributed by atoms with E-state index in [4.69, 9.17) is 4.74 Å². The average molecular weight is 383 g/mol. The third-order valence-corrected chi connectivity index (χ3v) is 5.95. The Bertz CT molecular complexity index is 812. The van der Waals surface area contributed by atoms with Crippen LogP contribution in [0.25, 0.3) is 0 Å². The van der Waals surface area contributed by atoms with Crippen LogP contribution in [0.2, 0.25) is 0 Å². The molecule has 1 unspecified atom stereocenters. The molecule has 0 saturated heterocycles. The number of sulfonamides is 1. The van der Waals surface area contributed by atoms with Gasteiger partial charge in [0.2, 0.25) is 5.44 Å². The number of rotatable bonds is 5. The van der Waals surface area contributed by atoms with Crippen LogP contribution in [0.3, 0.4) is 0 Å². The summed E-state index contributed by atoms with van der Waals surface area (Å²) in [4.78, 5) is 0. The maximum Gasteiger partial charge on any atom is 0.277 e. The highest BCUT2D eigenvalue weighted by molar-refractivity contribution is 7.93. The first-order valence-electron chi connectivity index (χ1n) is 8.05. The number of anilines is 2. The molecule has 136 valence electrons. The SMILES string of the molecule is CNCCCC1Oc2cc(C)ccc2N(c2ccccc2)S1(=O)=O.Cl. The third-order valence-electron chi connectivity index (χ3n) is 4.04. The van der Waals surface area contributed by atoms with E-state index in [9.17, 15) is 8.42 Å². The first-order chi connectivity index (χ1) is 11.5. The minimum Gasteiger partial charge on any atom is -0.470 e. The van der Waals surface area contributed by atoms with E-state index in [0.717, 1.165) is 18.5 Å². The van der Waals surface area contributed by atoms with Crippen molar-refractivity contribution in [2.45, 2.75) is 25.2 Å². The Morgan fingerprint density at radius 1 is 1.16 bits per heavy atom. The predicted octanol–water partition coefficient (Wildman–Crippen LogP) is 3.60. The van der Waals surface area contributed by atoms with Crippen LogP contribution in [-0.4, -0.2) is 27.4 Å². The maximum atomic E-state index is 13.1. The summed E-state index contributed by atoms with van der Waals surface area (Å²) < 4.78 is 33.6. The number of para-hydroxylation sites is 1. The fraction of sp³-hybridized carbons (Fsp3) is 0.333. The van der Waals surface area contributed by atoms with Crippen LogP contribution in [0.15, 0.2) is 48.5 Å². The van der Waals surface area contributed by atoms with Crippen LogP contribution >= 0.6 is 12.4 Å². The van der Waals surface area contributed by atoms with Crippen molar-refractivity contribution in [2.24, 2.45) is 0 Å². The van der Waals surface area contributed by atoms with Gasteiger partial charge >= 0.3 is 0 Å². The molecule has 7 heteroatoms. The molecule has 1 N–H and O–H groups in total. The lowest BCUT2D eigenvalue weighted by Crippen LogP contribution is -2.43. The molecule has 0 fully saturated rings. The molecular formula is C18H23ClN2O3S. The zero-order valence-electron chi connectivity index (χ0n) is 14.3. The van der Waals surface area contributed by atoms with Crippen molar-refractivity contribution in [3.05, 3.63) is 54.1 Å². The van der Waals surface area contributed by atoms with Crippen molar-refractivity contribution in [1.82, 2.24) is 5.32 Å². The number of halogens is 1. The molecule has 0 bridgehead atoms. The van der Waals surface area contributed by atoms with E-state index < -0.39 is 15.5 Å². The van der Waals surface area contributed by atoms with E-state index in [0.29, 0.717) is 23.5 Å². The fourth-order valence-corrected chi connectivity index (χ4v) is 4.61. The lowest BCUT2D eigenvalue weighted by atomic mass is 10.2. The summed E-state index contributed by atoms with van der Waals surface area (Å²) in [6.07, 6.45) is 1.17. The number of nitrogens with one attached hydrogen (secondary N) is 1. The molecule has 0 spiro atoms. The van der Waals surface area contributed by atoms with Crippen molar-refractivity contribution >= 4 is 33.8 Å². The molecule has 1 aliphatic rings. The van der Waals surface area contributed by atoms with Crippen molar-refractivity contribution in [3.63, 3.8) is 0 Å². The zero-order valence-corrected chi connectivity index (χ0v) is 15.9. The number of ether oxygens (including phenoxy) is 1. The first kappa shape index (κ1) is 19.6. The van der Waals surface area contributed by atoms with Crippen LogP contribution in [0.4, 0.5) is 11.4 Å². The number of nitrogens with zero attached hydrogens (tertiary/aromatic N) is 1. The van der Waals surface area contributed by atoms with E-state index in [1.54, 1.807) is 18.2 Å². The number of aryl methyl sites for hydroxylation is 1. The van der Waals surface area contributed by atoms with Gasteiger partial charge in [0.15, 0.2) is 0 Å². The van der Waals surface area contributed by atoms with Gasteiger partial charge in [-0.05, 0) is 56.8 Å². The number of hydrogen-bond acceptors (Lipinski definition) is 4.